The van der Waals surface area contributed by atoms with E-state index in [2.05, 4.69) is 63.4 Å². The van der Waals surface area contributed by atoms with E-state index >= 15 is 0 Å². The molecule has 0 amide bonds. The molecule has 30 heavy (non-hydrogen) atoms. The molecule has 0 aliphatic heterocycles. The third-order valence-electron chi connectivity index (χ3n) is 6.01. The summed E-state index contributed by atoms with van der Waals surface area (Å²) in [7, 11) is 0. The molecule has 2 heteroatoms. The van der Waals surface area contributed by atoms with Gasteiger partial charge in [0.25, 0.3) is 0 Å². The minimum absolute atomic E-state index is 0.302. The molecule has 2 rings (SSSR count). The Morgan fingerprint density at radius 1 is 0.733 bits per heavy atom. The third-order valence-corrected chi connectivity index (χ3v) is 6.01. The van der Waals surface area contributed by atoms with Crippen molar-refractivity contribution in [2.45, 2.75) is 104 Å². The second-order valence-corrected chi connectivity index (χ2v) is 8.66. The normalized spacial score (nSPS) is 12.1. The zero-order valence-electron chi connectivity index (χ0n) is 19.7. The smallest absolute Gasteiger partial charge is 0.119 e. The standard InChI is InChI=1S/C28H43NO/c1-4-6-8-10-12-14-22-30-27-19-17-26(18-20-27)24(3)28-21-16-25(23-29-28)15-13-11-9-7-5-2/h16-21,23-24H,4-15,22H2,1-3H3. The Morgan fingerprint density at radius 3 is 2.00 bits per heavy atom. The molecule has 0 radical (unpaired) electrons. The summed E-state index contributed by atoms with van der Waals surface area (Å²) in [4.78, 5) is 4.75. The Labute approximate surface area is 185 Å². The summed E-state index contributed by atoms with van der Waals surface area (Å²) in [6.45, 7) is 7.58. The summed E-state index contributed by atoms with van der Waals surface area (Å²) < 4.78 is 5.92. The number of nitrogens with zero attached hydrogens (tertiary/aromatic N) is 1. The van der Waals surface area contributed by atoms with Gasteiger partial charge in [-0.1, -0.05) is 96.8 Å². The molecule has 1 aromatic carbocycles. The van der Waals surface area contributed by atoms with Gasteiger partial charge in [-0.25, -0.2) is 0 Å². The van der Waals surface area contributed by atoms with Gasteiger partial charge in [0.2, 0.25) is 0 Å². The Morgan fingerprint density at radius 2 is 1.37 bits per heavy atom. The average molecular weight is 410 g/mol. The molecule has 0 aliphatic carbocycles. The van der Waals surface area contributed by atoms with Crippen molar-refractivity contribution in [3.8, 4) is 5.75 Å². The maximum atomic E-state index is 5.92. The van der Waals surface area contributed by atoms with Gasteiger partial charge in [0.1, 0.15) is 5.75 Å². The molecule has 1 unspecified atom stereocenters. The molecule has 0 bridgehead atoms. The van der Waals surface area contributed by atoms with Gasteiger partial charge in [0.05, 0.1) is 6.61 Å². The van der Waals surface area contributed by atoms with Gasteiger partial charge in [-0.15, -0.1) is 0 Å². The number of unbranched alkanes of at least 4 members (excludes halogenated alkanes) is 9. The first-order valence-corrected chi connectivity index (χ1v) is 12.4. The molecule has 1 aromatic heterocycles. The molecule has 2 nitrogen and oxygen atoms in total. The van der Waals surface area contributed by atoms with Gasteiger partial charge in [0, 0.05) is 17.8 Å². The van der Waals surface area contributed by atoms with E-state index in [1.807, 2.05) is 0 Å². The van der Waals surface area contributed by atoms with Crippen molar-refractivity contribution in [3.63, 3.8) is 0 Å². The zero-order chi connectivity index (χ0) is 21.4. The lowest BCUT2D eigenvalue weighted by Gasteiger charge is -2.13. The van der Waals surface area contributed by atoms with Crippen LogP contribution in [-0.4, -0.2) is 11.6 Å². The van der Waals surface area contributed by atoms with E-state index < -0.39 is 0 Å². The van der Waals surface area contributed by atoms with E-state index in [0.717, 1.165) is 30.9 Å². The number of hydrogen-bond acceptors (Lipinski definition) is 2. The number of pyridine rings is 1. The highest BCUT2D eigenvalue weighted by Crippen LogP contribution is 2.25. The summed E-state index contributed by atoms with van der Waals surface area (Å²) >= 11 is 0. The maximum absolute atomic E-state index is 5.92. The van der Waals surface area contributed by atoms with E-state index in [0.29, 0.717) is 5.92 Å². The van der Waals surface area contributed by atoms with Gasteiger partial charge in [-0.3, -0.25) is 4.98 Å². The molecule has 0 fully saturated rings. The second-order valence-electron chi connectivity index (χ2n) is 8.66. The second kappa shape index (κ2) is 15.0. The number of aryl methyl sites for hydroxylation is 1. The van der Waals surface area contributed by atoms with Crippen molar-refractivity contribution >= 4 is 0 Å². The van der Waals surface area contributed by atoms with Crippen LogP contribution in [0.3, 0.4) is 0 Å². The van der Waals surface area contributed by atoms with Crippen LogP contribution in [0, 0.1) is 0 Å². The van der Waals surface area contributed by atoms with Gasteiger partial charge < -0.3 is 4.74 Å². The van der Waals surface area contributed by atoms with Crippen LogP contribution in [0.15, 0.2) is 42.6 Å². The minimum Gasteiger partial charge on any atom is -0.494 e. The molecule has 166 valence electrons. The van der Waals surface area contributed by atoms with Crippen molar-refractivity contribution < 1.29 is 4.74 Å². The largest absolute Gasteiger partial charge is 0.494 e. The van der Waals surface area contributed by atoms with Crippen molar-refractivity contribution in [1.29, 1.82) is 0 Å². The van der Waals surface area contributed by atoms with Gasteiger partial charge in [-0.2, -0.15) is 0 Å². The summed E-state index contributed by atoms with van der Waals surface area (Å²) in [5, 5.41) is 0. The summed E-state index contributed by atoms with van der Waals surface area (Å²) in [6, 6.07) is 13.0. The van der Waals surface area contributed by atoms with Crippen molar-refractivity contribution in [2.75, 3.05) is 6.61 Å². The third kappa shape index (κ3) is 9.32. The first-order chi connectivity index (χ1) is 14.7. The lowest BCUT2D eigenvalue weighted by Crippen LogP contribution is -2.01. The van der Waals surface area contributed by atoms with Crippen molar-refractivity contribution in [3.05, 3.63) is 59.4 Å². The van der Waals surface area contributed by atoms with E-state index in [1.54, 1.807) is 0 Å². The molecular weight excluding hydrogens is 366 g/mol. The van der Waals surface area contributed by atoms with Crippen LogP contribution in [0.25, 0.3) is 0 Å². The molecular formula is C28H43NO. The number of rotatable bonds is 16. The predicted octanol–water partition coefficient (Wildman–Crippen LogP) is 8.49. The van der Waals surface area contributed by atoms with Crippen LogP contribution < -0.4 is 4.74 Å². The first-order valence-electron chi connectivity index (χ1n) is 12.4. The number of hydrogen-bond donors (Lipinski definition) is 0. The van der Waals surface area contributed by atoms with Crippen LogP contribution in [-0.2, 0) is 6.42 Å². The number of benzene rings is 1. The molecule has 0 saturated carbocycles. The number of ether oxygens (including phenoxy) is 1. The lowest BCUT2D eigenvalue weighted by atomic mass is 9.96. The van der Waals surface area contributed by atoms with Gasteiger partial charge in [0.15, 0.2) is 0 Å². The van der Waals surface area contributed by atoms with Crippen LogP contribution in [0.1, 0.15) is 114 Å². The van der Waals surface area contributed by atoms with E-state index in [1.165, 1.54) is 75.3 Å². The molecule has 2 aromatic rings. The number of aromatic nitrogens is 1. The van der Waals surface area contributed by atoms with E-state index in [9.17, 15) is 0 Å². The molecule has 0 spiro atoms. The highest BCUT2D eigenvalue weighted by Gasteiger charge is 2.10. The highest BCUT2D eigenvalue weighted by molar-refractivity contribution is 5.33. The highest BCUT2D eigenvalue weighted by atomic mass is 16.5. The van der Waals surface area contributed by atoms with Crippen molar-refractivity contribution in [2.24, 2.45) is 0 Å². The molecule has 0 N–H and O–H groups in total. The molecule has 0 aliphatic rings. The maximum Gasteiger partial charge on any atom is 0.119 e. The average Bonchev–Trinajstić information content (AvgIpc) is 2.79. The molecule has 1 heterocycles. The predicted molar refractivity (Wildman–Crippen MR) is 130 cm³/mol. The Bertz CT molecular complexity index is 662. The Hall–Kier alpha value is -1.83. The summed E-state index contributed by atoms with van der Waals surface area (Å²) in [5.74, 6) is 1.28. The monoisotopic (exact) mass is 409 g/mol. The Balaban J connectivity index is 1.73. The van der Waals surface area contributed by atoms with Gasteiger partial charge in [-0.05, 0) is 48.6 Å². The summed E-state index contributed by atoms with van der Waals surface area (Å²) in [6.07, 6.45) is 17.6. The Kier molecular flexibility index (Phi) is 12.3. The van der Waals surface area contributed by atoms with Crippen LogP contribution >= 0.6 is 0 Å². The molecule has 1 atom stereocenters. The molecule has 0 saturated heterocycles. The van der Waals surface area contributed by atoms with Gasteiger partial charge >= 0.3 is 0 Å². The SMILES string of the molecule is CCCCCCCCOc1ccc(C(C)c2ccc(CCCCCCC)cn2)cc1. The summed E-state index contributed by atoms with van der Waals surface area (Å²) in [5.41, 5.74) is 3.80. The quantitative estimate of drug-likeness (QED) is 0.259. The van der Waals surface area contributed by atoms with Crippen LogP contribution in [0.4, 0.5) is 0 Å². The fourth-order valence-electron chi connectivity index (χ4n) is 3.87. The fourth-order valence-corrected chi connectivity index (χ4v) is 3.87. The van der Waals surface area contributed by atoms with Crippen LogP contribution in [0.5, 0.6) is 5.75 Å². The topological polar surface area (TPSA) is 22.1 Å². The minimum atomic E-state index is 0.302. The van der Waals surface area contributed by atoms with E-state index in [4.69, 9.17) is 9.72 Å². The lowest BCUT2D eigenvalue weighted by molar-refractivity contribution is 0.304. The van der Waals surface area contributed by atoms with Crippen LogP contribution in [0.2, 0.25) is 0 Å². The zero-order valence-corrected chi connectivity index (χ0v) is 19.7. The van der Waals surface area contributed by atoms with E-state index in [-0.39, 0.29) is 0 Å². The fraction of sp³-hybridized carbons (Fsp3) is 0.607. The first kappa shape index (κ1) is 24.4. The van der Waals surface area contributed by atoms with Crippen molar-refractivity contribution in [1.82, 2.24) is 4.98 Å².